The van der Waals surface area contributed by atoms with Crippen molar-refractivity contribution >= 4 is 11.8 Å². The summed E-state index contributed by atoms with van der Waals surface area (Å²) >= 11 is 1.83. The van der Waals surface area contributed by atoms with Gasteiger partial charge in [-0.3, -0.25) is 0 Å². The molecule has 1 aromatic rings. The van der Waals surface area contributed by atoms with E-state index in [1.807, 2.05) is 17.8 Å². The quantitative estimate of drug-likeness (QED) is 0.905. The predicted molar refractivity (Wildman–Crippen MR) is 79.4 cm³/mol. The lowest BCUT2D eigenvalue weighted by Gasteiger charge is -2.21. The van der Waals surface area contributed by atoms with Crippen LogP contribution in [0.2, 0.25) is 0 Å². The monoisotopic (exact) mass is 283 g/mol. The predicted octanol–water partition coefficient (Wildman–Crippen LogP) is 3.90. The maximum absolute atomic E-state index is 14.2. The maximum Gasteiger partial charge on any atom is 0.131 e. The van der Waals surface area contributed by atoms with Gasteiger partial charge in [-0.25, -0.2) is 4.39 Å². The molecule has 0 fully saturated rings. The summed E-state index contributed by atoms with van der Waals surface area (Å²) in [5.74, 6) is 1.22. The Hall–Kier alpha value is -0.740. The van der Waals surface area contributed by atoms with Gasteiger partial charge in [0, 0.05) is 28.7 Å². The van der Waals surface area contributed by atoms with E-state index in [4.69, 9.17) is 4.74 Å². The molecule has 2 atom stereocenters. The Morgan fingerprint density at radius 3 is 2.95 bits per heavy atom. The van der Waals surface area contributed by atoms with Crippen LogP contribution in [-0.2, 0) is 5.75 Å². The highest BCUT2D eigenvalue weighted by Crippen LogP contribution is 2.37. The first-order valence-corrected chi connectivity index (χ1v) is 7.91. The van der Waals surface area contributed by atoms with Gasteiger partial charge < -0.3 is 10.1 Å². The van der Waals surface area contributed by atoms with Gasteiger partial charge in [0.05, 0.1) is 7.11 Å². The standard InChI is InChI=1S/C15H22FNOS/c1-4-5-17-15-6-10(2)19-9-13-12(15)7-11(18-3)8-14(13)16/h7-8,10,15,17H,4-6,9H2,1-3H3. The molecule has 2 unspecified atom stereocenters. The highest BCUT2D eigenvalue weighted by atomic mass is 32.2. The fraction of sp³-hybridized carbons (Fsp3) is 0.600. The molecule has 0 amide bonds. The third-order valence-electron chi connectivity index (χ3n) is 3.54. The van der Waals surface area contributed by atoms with Crippen molar-refractivity contribution in [2.45, 2.75) is 43.7 Å². The topological polar surface area (TPSA) is 21.3 Å². The first-order valence-electron chi connectivity index (χ1n) is 6.87. The van der Waals surface area contributed by atoms with E-state index < -0.39 is 0 Å². The van der Waals surface area contributed by atoms with Crippen molar-refractivity contribution in [3.63, 3.8) is 0 Å². The summed E-state index contributed by atoms with van der Waals surface area (Å²) < 4.78 is 19.4. The summed E-state index contributed by atoms with van der Waals surface area (Å²) in [4.78, 5) is 0. The summed E-state index contributed by atoms with van der Waals surface area (Å²) in [6, 6.07) is 3.71. The second-order valence-electron chi connectivity index (χ2n) is 5.04. The highest BCUT2D eigenvalue weighted by molar-refractivity contribution is 7.99. The van der Waals surface area contributed by atoms with E-state index in [-0.39, 0.29) is 11.9 Å². The number of nitrogens with one attached hydrogen (secondary N) is 1. The molecule has 0 saturated heterocycles. The lowest BCUT2D eigenvalue weighted by molar-refractivity contribution is 0.407. The second kappa shape index (κ2) is 6.62. The van der Waals surface area contributed by atoms with Gasteiger partial charge in [-0.15, -0.1) is 0 Å². The van der Waals surface area contributed by atoms with E-state index in [9.17, 15) is 4.39 Å². The van der Waals surface area contributed by atoms with Crippen LogP contribution >= 0.6 is 11.8 Å². The number of ether oxygens (including phenoxy) is 1. The summed E-state index contributed by atoms with van der Waals surface area (Å²) in [6.07, 6.45) is 2.12. The molecule has 0 aromatic heterocycles. The smallest absolute Gasteiger partial charge is 0.131 e. The van der Waals surface area contributed by atoms with E-state index in [1.54, 1.807) is 7.11 Å². The normalized spacial score (nSPS) is 22.7. The zero-order chi connectivity index (χ0) is 13.8. The average molecular weight is 283 g/mol. The Kier molecular flexibility index (Phi) is 5.11. The number of hydrogen-bond acceptors (Lipinski definition) is 3. The molecule has 0 saturated carbocycles. The van der Waals surface area contributed by atoms with Gasteiger partial charge in [0.25, 0.3) is 0 Å². The molecule has 4 heteroatoms. The number of halogens is 1. The molecule has 0 aliphatic carbocycles. The van der Waals surface area contributed by atoms with Crippen LogP contribution in [0.1, 0.15) is 43.9 Å². The molecule has 2 rings (SSSR count). The van der Waals surface area contributed by atoms with Crippen LogP contribution in [-0.4, -0.2) is 18.9 Å². The van der Waals surface area contributed by atoms with Crippen LogP contribution in [0.3, 0.4) is 0 Å². The molecule has 0 bridgehead atoms. The highest BCUT2D eigenvalue weighted by Gasteiger charge is 2.25. The molecule has 19 heavy (non-hydrogen) atoms. The van der Waals surface area contributed by atoms with Crippen molar-refractivity contribution in [1.29, 1.82) is 0 Å². The van der Waals surface area contributed by atoms with Crippen molar-refractivity contribution in [2.24, 2.45) is 0 Å². The minimum absolute atomic E-state index is 0.140. The zero-order valence-corrected chi connectivity index (χ0v) is 12.6. The summed E-state index contributed by atoms with van der Waals surface area (Å²) in [6.45, 7) is 5.32. The van der Waals surface area contributed by atoms with Gasteiger partial charge in [-0.05, 0) is 31.0 Å². The van der Waals surface area contributed by atoms with Gasteiger partial charge in [0.2, 0.25) is 0 Å². The fourth-order valence-electron chi connectivity index (χ4n) is 2.48. The van der Waals surface area contributed by atoms with Crippen molar-refractivity contribution in [3.05, 3.63) is 29.1 Å². The Bertz CT molecular complexity index is 438. The molecular weight excluding hydrogens is 261 g/mol. The molecule has 1 N–H and O–H groups in total. The molecule has 1 aliphatic rings. The number of fused-ring (bicyclic) bond motifs is 1. The molecule has 1 heterocycles. The zero-order valence-electron chi connectivity index (χ0n) is 11.8. The van der Waals surface area contributed by atoms with Crippen LogP contribution < -0.4 is 10.1 Å². The molecule has 0 spiro atoms. The molecule has 1 aromatic carbocycles. The van der Waals surface area contributed by atoms with Crippen LogP contribution in [0, 0.1) is 5.82 Å². The lowest BCUT2D eigenvalue weighted by atomic mass is 9.96. The minimum Gasteiger partial charge on any atom is -0.497 e. The van der Waals surface area contributed by atoms with E-state index in [0.29, 0.717) is 11.0 Å². The lowest BCUT2D eigenvalue weighted by Crippen LogP contribution is -2.24. The number of methoxy groups -OCH3 is 1. The van der Waals surface area contributed by atoms with Crippen molar-refractivity contribution in [3.8, 4) is 5.75 Å². The molecule has 2 nitrogen and oxygen atoms in total. The number of thioether (sulfide) groups is 1. The second-order valence-corrected chi connectivity index (χ2v) is 6.47. The van der Waals surface area contributed by atoms with Gasteiger partial charge >= 0.3 is 0 Å². The van der Waals surface area contributed by atoms with Crippen LogP contribution in [0.25, 0.3) is 0 Å². The first-order chi connectivity index (χ1) is 9.15. The van der Waals surface area contributed by atoms with E-state index in [0.717, 1.165) is 36.3 Å². The number of hydrogen-bond donors (Lipinski definition) is 1. The first kappa shape index (κ1) is 14.7. The summed E-state index contributed by atoms with van der Waals surface area (Å²) in [7, 11) is 1.59. The number of benzene rings is 1. The van der Waals surface area contributed by atoms with Gasteiger partial charge in [-0.2, -0.15) is 11.8 Å². The van der Waals surface area contributed by atoms with E-state index in [1.165, 1.54) is 6.07 Å². The van der Waals surface area contributed by atoms with Crippen LogP contribution in [0.15, 0.2) is 12.1 Å². The van der Waals surface area contributed by atoms with Crippen molar-refractivity contribution < 1.29 is 9.13 Å². The Balaban J connectivity index is 2.38. The largest absolute Gasteiger partial charge is 0.497 e. The number of rotatable bonds is 4. The van der Waals surface area contributed by atoms with Crippen LogP contribution in [0.5, 0.6) is 5.75 Å². The van der Waals surface area contributed by atoms with Crippen molar-refractivity contribution in [1.82, 2.24) is 5.32 Å². The van der Waals surface area contributed by atoms with E-state index in [2.05, 4.69) is 19.2 Å². The Labute approximate surface area is 119 Å². The summed E-state index contributed by atoms with van der Waals surface area (Å²) in [5, 5.41) is 4.08. The fourth-order valence-corrected chi connectivity index (χ4v) is 3.56. The molecule has 0 radical (unpaired) electrons. The molecular formula is C15H22FNOS. The van der Waals surface area contributed by atoms with Gasteiger partial charge in [-0.1, -0.05) is 13.8 Å². The SMILES string of the molecule is CCCNC1CC(C)SCc2c(F)cc(OC)cc21. The van der Waals surface area contributed by atoms with Crippen molar-refractivity contribution in [2.75, 3.05) is 13.7 Å². The Morgan fingerprint density at radius 1 is 1.47 bits per heavy atom. The third-order valence-corrected chi connectivity index (χ3v) is 4.75. The van der Waals surface area contributed by atoms with Gasteiger partial charge in [0.1, 0.15) is 11.6 Å². The minimum atomic E-state index is -0.140. The molecule has 1 aliphatic heterocycles. The van der Waals surface area contributed by atoms with Crippen LogP contribution in [0.4, 0.5) is 4.39 Å². The Morgan fingerprint density at radius 2 is 2.26 bits per heavy atom. The van der Waals surface area contributed by atoms with Gasteiger partial charge in [0.15, 0.2) is 0 Å². The van der Waals surface area contributed by atoms with E-state index >= 15 is 0 Å². The summed E-state index contributed by atoms with van der Waals surface area (Å²) in [5.41, 5.74) is 1.91. The molecule has 106 valence electrons. The average Bonchev–Trinajstić information content (AvgIpc) is 2.56. The maximum atomic E-state index is 14.2. The third kappa shape index (κ3) is 3.42.